The molecule has 0 spiro atoms. The molecule has 2 saturated carbocycles. The van der Waals surface area contributed by atoms with Gasteiger partial charge in [-0.05, 0) is 56.7 Å². The number of fused-ring (bicyclic) bond motifs is 2. The fourth-order valence-electron chi connectivity index (χ4n) is 5.44. The van der Waals surface area contributed by atoms with Gasteiger partial charge in [0.2, 0.25) is 0 Å². The zero-order chi connectivity index (χ0) is 23.0. The molecule has 2 aliphatic carbocycles. The van der Waals surface area contributed by atoms with E-state index in [4.69, 9.17) is 9.47 Å². The molecule has 7 heteroatoms. The van der Waals surface area contributed by atoms with Gasteiger partial charge in [0, 0.05) is 30.1 Å². The maximum Gasteiger partial charge on any atom is 0.302 e. The summed E-state index contributed by atoms with van der Waals surface area (Å²) in [5, 5.41) is 31.8. The quantitative estimate of drug-likeness (QED) is 0.563. The number of anilines is 1. The van der Waals surface area contributed by atoms with Crippen LogP contribution in [0.5, 0.6) is 0 Å². The zero-order valence-electron chi connectivity index (χ0n) is 18.3. The summed E-state index contributed by atoms with van der Waals surface area (Å²) in [6.07, 6.45) is 3.08. The van der Waals surface area contributed by atoms with Gasteiger partial charge in [0.1, 0.15) is 35.5 Å². The molecule has 0 radical (unpaired) electrons. The van der Waals surface area contributed by atoms with Gasteiger partial charge in [0.05, 0.1) is 0 Å². The third kappa shape index (κ3) is 3.59. The van der Waals surface area contributed by atoms with Crippen molar-refractivity contribution in [1.29, 1.82) is 15.8 Å². The number of esters is 1. The molecule has 1 aliphatic heterocycles. The van der Waals surface area contributed by atoms with Crippen molar-refractivity contribution in [1.82, 2.24) is 0 Å². The van der Waals surface area contributed by atoms with Crippen molar-refractivity contribution in [3.05, 3.63) is 46.7 Å². The van der Waals surface area contributed by atoms with E-state index in [-0.39, 0.29) is 35.0 Å². The average Bonchev–Trinajstić information content (AvgIpc) is 3.37. The predicted molar refractivity (Wildman–Crippen MR) is 116 cm³/mol. The van der Waals surface area contributed by atoms with E-state index in [9.17, 15) is 20.6 Å². The van der Waals surface area contributed by atoms with Gasteiger partial charge in [-0.1, -0.05) is 12.1 Å². The molecule has 4 rings (SSSR count). The molecule has 1 aromatic rings. The summed E-state index contributed by atoms with van der Waals surface area (Å²) < 4.78 is 11.4. The second-order valence-electron chi connectivity index (χ2n) is 9.03. The van der Waals surface area contributed by atoms with Crippen LogP contribution in [0.15, 0.2) is 41.2 Å². The summed E-state index contributed by atoms with van der Waals surface area (Å²) >= 11 is 0. The van der Waals surface area contributed by atoms with Crippen LogP contribution in [0, 0.1) is 45.8 Å². The average molecular weight is 428 g/mol. The second-order valence-corrected chi connectivity index (χ2v) is 9.03. The van der Waals surface area contributed by atoms with Crippen molar-refractivity contribution in [3.63, 3.8) is 0 Å². The van der Waals surface area contributed by atoms with Crippen LogP contribution in [-0.2, 0) is 14.3 Å². The highest BCUT2D eigenvalue weighted by Gasteiger charge is 2.49. The van der Waals surface area contributed by atoms with Crippen molar-refractivity contribution in [2.45, 2.75) is 57.8 Å². The standard InChI is InChI=1S/C25H24N4O3/c1-14(30)31-21-10-16-6-9-19(21)23(16)29-18-7-4-15(5-8-18)22-20(13-28)24(17(11-26)12-27)32-25(22,2)3/h4-5,7-8,16,19,21,23,29H,6,9-10H2,1-3H3. The SMILES string of the molecule is CC(=O)OC1CC2CCC1C2Nc1ccc(C2=C(C#N)C(=C(C#N)C#N)OC2(C)C)cc1. The van der Waals surface area contributed by atoms with Crippen LogP contribution in [0.1, 0.15) is 45.6 Å². The maximum absolute atomic E-state index is 11.4. The van der Waals surface area contributed by atoms with Crippen LogP contribution in [0.2, 0.25) is 0 Å². The van der Waals surface area contributed by atoms with Crippen molar-refractivity contribution in [2.24, 2.45) is 11.8 Å². The molecule has 1 heterocycles. The van der Waals surface area contributed by atoms with Gasteiger partial charge in [0.15, 0.2) is 11.3 Å². The van der Waals surface area contributed by atoms with Crippen LogP contribution in [-0.4, -0.2) is 23.7 Å². The van der Waals surface area contributed by atoms with Crippen LogP contribution in [0.4, 0.5) is 5.69 Å². The van der Waals surface area contributed by atoms with Crippen molar-refractivity contribution in [3.8, 4) is 18.2 Å². The number of allylic oxidation sites excluding steroid dienone is 2. The Morgan fingerprint density at radius 1 is 1.16 bits per heavy atom. The highest BCUT2D eigenvalue weighted by atomic mass is 16.5. The highest BCUT2D eigenvalue weighted by molar-refractivity contribution is 5.84. The lowest BCUT2D eigenvalue weighted by Crippen LogP contribution is -2.29. The Balaban J connectivity index is 1.59. The minimum absolute atomic E-state index is 0.0116. The molecule has 0 amide bonds. The van der Waals surface area contributed by atoms with Crippen molar-refractivity contribution in [2.75, 3.05) is 5.32 Å². The minimum atomic E-state index is -0.851. The predicted octanol–water partition coefficient (Wildman–Crippen LogP) is 4.22. The summed E-state index contributed by atoms with van der Waals surface area (Å²) in [5.74, 6) is 0.626. The monoisotopic (exact) mass is 428 g/mol. The molecule has 32 heavy (non-hydrogen) atoms. The lowest BCUT2D eigenvalue weighted by atomic mass is 9.89. The summed E-state index contributed by atoms with van der Waals surface area (Å²) in [4.78, 5) is 11.4. The molecule has 162 valence electrons. The van der Waals surface area contributed by atoms with Crippen LogP contribution < -0.4 is 5.32 Å². The van der Waals surface area contributed by atoms with Gasteiger partial charge in [-0.15, -0.1) is 0 Å². The fourth-order valence-corrected chi connectivity index (χ4v) is 5.44. The first-order valence-electron chi connectivity index (χ1n) is 10.7. The number of carbonyl (C=O) groups excluding carboxylic acids is 1. The minimum Gasteiger partial charge on any atom is -0.480 e. The summed E-state index contributed by atoms with van der Waals surface area (Å²) in [6, 6.07) is 13.8. The molecule has 4 unspecified atom stereocenters. The zero-order valence-corrected chi connectivity index (χ0v) is 18.3. The topological polar surface area (TPSA) is 119 Å². The third-order valence-electron chi connectivity index (χ3n) is 6.68. The van der Waals surface area contributed by atoms with E-state index in [1.54, 1.807) is 0 Å². The number of hydrogen-bond donors (Lipinski definition) is 1. The largest absolute Gasteiger partial charge is 0.480 e. The maximum atomic E-state index is 11.4. The van der Waals surface area contributed by atoms with Crippen LogP contribution >= 0.6 is 0 Å². The molecule has 0 aromatic heterocycles. The van der Waals surface area contributed by atoms with E-state index >= 15 is 0 Å². The molecule has 4 atom stereocenters. The number of ether oxygens (including phenoxy) is 2. The molecule has 1 aromatic carbocycles. The van der Waals surface area contributed by atoms with E-state index in [0.717, 1.165) is 30.5 Å². The number of hydrogen-bond acceptors (Lipinski definition) is 7. The Bertz CT molecular complexity index is 1130. The lowest BCUT2D eigenvalue weighted by molar-refractivity contribution is -0.148. The first kappa shape index (κ1) is 21.5. The lowest BCUT2D eigenvalue weighted by Gasteiger charge is -2.24. The Morgan fingerprint density at radius 3 is 2.44 bits per heavy atom. The molecule has 2 bridgehead atoms. The number of nitrogens with one attached hydrogen (secondary N) is 1. The number of rotatable bonds is 4. The molecule has 0 saturated heterocycles. The number of carbonyl (C=O) groups is 1. The molecular weight excluding hydrogens is 404 g/mol. The first-order chi connectivity index (χ1) is 15.3. The van der Waals surface area contributed by atoms with E-state index in [1.807, 2.05) is 50.3 Å². The van der Waals surface area contributed by atoms with E-state index in [0.29, 0.717) is 17.4 Å². The molecule has 2 fully saturated rings. The second kappa shape index (κ2) is 8.06. The van der Waals surface area contributed by atoms with E-state index in [2.05, 4.69) is 11.4 Å². The van der Waals surface area contributed by atoms with Gasteiger partial charge in [-0.25, -0.2) is 0 Å². The van der Waals surface area contributed by atoms with Crippen molar-refractivity contribution < 1.29 is 14.3 Å². The first-order valence-corrected chi connectivity index (χ1v) is 10.7. The summed E-state index contributed by atoms with van der Waals surface area (Å²) in [5.41, 5.74) is 1.57. The Kier molecular flexibility index (Phi) is 5.41. The molecular formula is C25H24N4O3. The Labute approximate surface area is 187 Å². The fraction of sp³-hybridized carbons (Fsp3) is 0.440. The number of nitriles is 3. The van der Waals surface area contributed by atoms with Gasteiger partial charge in [-0.2, -0.15) is 15.8 Å². The number of benzene rings is 1. The van der Waals surface area contributed by atoms with Gasteiger partial charge in [0.25, 0.3) is 0 Å². The highest BCUT2D eigenvalue weighted by Crippen LogP contribution is 2.48. The van der Waals surface area contributed by atoms with E-state index < -0.39 is 5.60 Å². The van der Waals surface area contributed by atoms with Crippen LogP contribution in [0.25, 0.3) is 5.57 Å². The van der Waals surface area contributed by atoms with Gasteiger partial charge < -0.3 is 14.8 Å². The van der Waals surface area contributed by atoms with E-state index in [1.165, 1.54) is 6.92 Å². The normalized spacial score (nSPS) is 27.2. The Morgan fingerprint density at radius 2 is 1.84 bits per heavy atom. The number of nitrogens with zero attached hydrogens (tertiary/aromatic N) is 3. The molecule has 3 aliphatic rings. The summed E-state index contributed by atoms with van der Waals surface area (Å²) in [7, 11) is 0. The van der Waals surface area contributed by atoms with Gasteiger partial charge >= 0.3 is 5.97 Å². The smallest absolute Gasteiger partial charge is 0.302 e. The molecule has 1 N–H and O–H groups in total. The Hall–Kier alpha value is -3.76. The van der Waals surface area contributed by atoms with Crippen LogP contribution in [0.3, 0.4) is 0 Å². The van der Waals surface area contributed by atoms with Gasteiger partial charge in [-0.3, -0.25) is 4.79 Å². The molecule has 7 nitrogen and oxygen atoms in total. The summed E-state index contributed by atoms with van der Waals surface area (Å²) in [6.45, 7) is 5.09. The van der Waals surface area contributed by atoms with Crippen molar-refractivity contribution >= 4 is 17.2 Å². The third-order valence-corrected chi connectivity index (χ3v) is 6.68.